The van der Waals surface area contributed by atoms with Crippen LogP contribution in [0.25, 0.3) is 0 Å². The molecule has 0 spiro atoms. The number of hydrogen-bond acceptors (Lipinski definition) is 3. The molecule has 48 valence electrons. The highest BCUT2D eigenvalue weighted by atomic mass is 16.4. The van der Waals surface area contributed by atoms with Gasteiger partial charge in [0.15, 0.2) is 0 Å². The van der Waals surface area contributed by atoms with E-state index in [0.717, 1.165) is 0 Å². The molecule has 0 aliphatic carbocycles. The Labute approximate surface area is 46.9 Å². The summed E-state index contributed by atoms with van der Waals surface area (Å²) >= 11 is 0. The van der Waals surface area contributed by atoms with Gasteiger partial charge < -0.3 is 15.9 Å². The summed E-state index contributed by atoms with van der Waals surface area (Å²) in [6.07, 6.45) is -0.979. The molecule has 0 saturated carbocycles. The van der Waals surface area contributed by atoms with Crippen molar-refractivity contribution < 1.29 is 15.0 Å². The molecule has 2 atom stereocenters. The van der Waals surface area contributed by atoms with E-state index in [1.54, 1.807) is 0 Å². The molecule has 0 radical (unpaired) electrons. The Kier molecular flexibility index (Phi) is 2.44. The Morgan fingerprint density at radius 3 is 2.25 bits per heavy atom. The Balaban J connectivity index is 3.64. The third-order valence-corrected chi connectivity index (χ3v) is 0.805. The van der Waals surface area contributed by atoms with Crippen molar-refractivity contribution in [2.45, 2.75) is 19.1 Å². The number of aliphatic carboxylic acids is 1. The van der Waals surface area contributed by atoms with E-state index in [1.807, 2.05) is 0 Å². The summed E-state index contributed by atoms with van der Waals surface area (Å²) in [4.78, 5) is 9.86. The molecule has 0 aromatic carbocycles. The molecule has 4 heteroatoms. The van der Waals surface area contributed by atoms with Crippen molar-refractivity contribution in [2.24, 2.45) is 5.73 Å². The first-order valence-corrected chi connectivity index (χ1v) is 2.22. The lowest BCUT2D eigenvalue weighted by molar-refractivity contribution is -0.140. The SMILES string of the molecule is C[C@@H](O)[14C@H](N)C(=O)O. The van der Waals surface area contributed by atoms with Gasteiger partial charge in [-0.1, -0.05) is 0 Å². The minimum atomic E-state index is -1.18. The van der Waals surface area contributed by atoms with Gasteiger partial charge in [0.1, 0.15) is 6.04 Å². The lowest BCUT2D eigenvalue weighted by Gasteiger charge is -2.06. The van der Waals surface area contributed by atoms with Crippen molar-refractivity contribution in [3.8, 4) is 0 Å². The second-order valence-corrected chi connectivity index (χ2v) is 1.60. The van der Waals surface area contributed by atoms with E-state index < -0.39 is 18.1 Å². The maximum absolute atomic E-state index is 9.86. The molecule has 4 nitrogen and oxygen atoms in total. The molecule has 4 N–H and O–H groups in total. The quantitative estimate of drug-likeness (QED) is 0.427. The van der Waals surface area contributed by atoms with Gasteiger partial charge in [0.05, 0.1) is 6.10 Å². The average Bonchev–Trinajstić information content (AvgIpc) is 1.64. The predicted octanol–water partition coefficient (Wildman–Crippen LogP) is -1.22. The van der Waals surface area contributed by atoms with E-state index in [9.17, 15) is 4.79 Å². The molecule has 0 fully saturated rings. The molecule has 0 aliphatic rings. The summed E-state index contributed by atoms with van der Waals surface area (Å²) in [5.74, 6) is -1.18. The Morgan fingerprint density at radius 1 is 1.88 bits per heavy atom. The fraction of sp³-hybridized carbons (Fsp3) is 0.750. The lowest BCUT2D eigenvalue weighted by Crippen LogP contribution is -2.39. The van der Waals surface area contributed by atoms with E-state index in [4.69, 9.17) is 15.9 Å². The molecule has 0 aromatic heterocycles. The number of rotatable bonds is 2. The Hall–Kier alpha value is -0.610. The van der Waals surface area contributed by atoms with Crippen molar-refractivity contribution in [3.05, 3.63) is 0 Å². The van der Waals surface area contributed by atoms with Crippen molar-refractivity contribution in [2.75, 3.05) is 0 Å². The van der Waals surface area contributed by atoms with Crippen LogP contribution in [-0.2, 0) is 4.79 Å². The number of carboxylic acid groups (broad SMARTS) is 1. The molecule has 0 amide bonds. The Morgan fingerprint density at radius 2 is 2.25 bits per heavy atom. The van der Waals surface area contributed by atoms with E-state index in [-0.39, 0.29) is 0 Å². The van der Waals surface area contributed by atoms with Crippen LogP contribution in [0.4, 0.5) is 0 Å². The number of aliphatic hydroxyl groups is 1. The molecule has 0 saturated heterocycles. The second kappa shape index (κ2) is 2.64. The van der Waals surface area contributed by atoms with Gasteiger partial charge in [-0.2, -0.15) is 0 Å². The van der Waals surface area contributed by atoms with Crippen LogP contribution in [0, 0.1) is 0 Å². The Bertz CT molecular complexity index is 91.3. The van der Waals surface area contributed by atoms with E-state index in [0.29, 0.717) is 0 Å². The van der Waals surface area contributed by atoms with E-state index in [2.05, 4.69) is 0 Å². The van der Waals surface area contributed by atoms with E-state index >= 15 is 0 Å². The second-order valence-electron chi connectivity index (χ2n) is 1.60. The first-order valence-electron chi connectivity index (χ1n) is 2.22. The van der Waals surface area contributed by atoms with Crippen LogP contribution in [0.1, 0.15) is 6.92 Å². The molecule has 0 rings (SSSR count). The van der Waals surface area contributed by atoms with Gasteiger partial charge in [-0.3, -0.25) is 4.79 Å². The monoisotopic (exact) mass is 121 g/mol. The zero-order valence-electron chi connectivity index (χ0n) is 4.53. The summed E-state index contributed by atoms with van der Waals surface area (Å²) < 4.78 is 0. The van der Waals surface area contributed by atoms with Crippen LogP contribution in [0.5, 0.6) is 0 Å². The summed E-state index contributed by atoms with van der Waals surface area (Å²) in [6.45, 7) is 1.33. The normalized spacial score (nSPS) is 17.4. The third kappa shape index (κ3) is 1.90. The van der Waals surface area contributed by atoms with Gasteiger partial charge >= 0.3 is 5.97 Å². The number of carboxylic acids is 1. The maximum atomic E-state index is 9.86. The number of nitrogens with two attached hydrogens (primary N) is 1. The third-order valence-electron chi connectivity index (χ3n) is 0.805. The molecule has 8 heavy (non-hydrogen) atoms. The lowest BCUT2D eigenvalue weighted by atomic mass is 10.6. The summed E-state index contributed by atoms with van der Waals surface area (Å²) in [5, 5.41) is 16.6. The smallest absolute Gasteiger partial charge is 0.323 e. The van der Waals surface area contributed by atoms with Crippen molar-refractivity contribution in [3.63, 3.8) is 0 Å². The van der Waals surface area contributed by atoms with Gasteiger partial charge in [0.2, 0.25) is 0 Å². The van der Waals surface area contributed by atoms with E-state index in [1.165, 1.54) is 6.92 Å². The molecule has 0 aliphatic heterocycles. The largest absolute Gasteiger partial charge is 0.480 e. The van der Waals surface area contributed by atoms with Crippen LogP contribution in [0.2, 0.25) is 0 Å². The molecule has 0 unspecified atom stereocenters. The van der Waals surface area contributed by atoms with Crippen molar-refractivity contribution >= 4 is 5.97 Å². The first-order chi connectivity index (χ1) is 3.55. The van der Waals surface area contributed by atoms with Gasteiger partial charge in [-0.05, 0) is 6.92 Å². The highest BCUT2D eigenvalue weighted by Crippen LogP contribution is 1.85. The van der Waals surface area contributed by atoms with Gasteiger partial charge in [0.25, 0.3) is 0 Å². The molecular weight excluding hydrogens is 112 g/mol. The van der Waals surface area contributed by atoms with Crippen LogP contribution in [-0.4, -0.2) is 28.3 Å². The predicted molar refractivity (Wildman–Crippen MR) is 27.3 cm³/mol. The van der Waals surface area contributed by atoms with Gasteiger partial charge in [-0.25, -0.2) is 0 Å². The van der Waals surface area contributed by atoms with Gasteiger partial charge in [-0.15, -0.1) is 0 Å². The topological polar surface area (TPSA) is 83.5 Å². The first kappa shape index (κ1) is 7.39. The highest BCUT2D eigenvalue weighted by Gasteiger charge is 2.16. The van der Waals surface area contributed by atoms with Crippen LogP contribution < -0.4 is 5.73 Å². The van der Waals surface area contributed by atoms with Crippen LogP contribution >= 0.6 is 0 Å². The number of carbonyl (C=O) groups is 1. The number of aliphatic hydroxyl groups excluding tert-OH is 1. The van der Waals surface area contributed by atoms with Crippen LogP contribution in [0.3, 0.4) is 0 Å². The molecule has 0 heterocycles. The standard InChI is InChI=1S/C4H9NO3/c1-2(6)3(5)4(7)8/h2-3,6H,5H2,1H3,(H,7,8)/t2-,3+/m1/s1/i3+2. The van der Waals surface area contributed by atoms with Gasteiger partial charge in [0, 0.05) is 0 Å². The summed E-state index contributed by atoms with van der Waals surface area (Å²) in [5.41, 5.74) is 4.91. The molecule has 0 bridgehead atoms. The zero-order chi connectivity index (χ0) is 6.73. The fourth-order valence-corrected chi connectivity index (χ4v) is 0.206. The highest BCUT2D eigenvalue weighted by molar-refractivity contribution is 5.73. The molecule has 0 aromatic rings. The van der Waals surface area contributed by atoms with Crippen molar-refractivity contribution in [1.82, 2.24) is 0 Å². The number of hydrogen-bond donors (Lipinski definition) is 3. The molecular formula is C4H9NO3. The van der Waals surface area contributed by atoms with Crippen molar-refractivity contribution in [1.29, 1.82) is 0 Å². The zero-order valence-corrected chi connectivity index (χ0v) is 4.53. The maximum Gasteiger partial charge on any atom is 0.323 e. The summed E-state index contributed by atoms with van der Waals surface area (Å²) in [6, 6.07) is -1.16. The van der Waals surface area contributed by atoms with Crippen LogP contribution in [0.15, 0.2) is 0 Å². The minimum absolute atomic E-state index is 0.979. The summed E-state index contributed by atoms with van der Waals surface area (Å²) in [7, 11) is 0. The average molecular weight is 121 g/mol. The minimum Gasteiger partial charge on any atom is -0.480 e. The fourth-order valence-electron chi connectivity index (χ4n) is 0.206.